The van der Waals surface area contributed by atoms with Crippen molar-refractivity contribution in [1.82, 2.24) is 5.32 Å². The third-order valence-corrected chi connectivity index (χ3v) is 4.58. The molecular formula is C18H16ClN3OS. The lowest BCUT2D eigenvalue weighted by Gasteiger charge is -2.11. The van der Waals surface area contributed by atoms with E-state index < -0.39 is 0 Å². The number of hydrogen-bond donors (Lipinski definition) is 1. The Morgan fingerprint density at radius 2 is 1.75 bits per heavy atom. The van der Waals surface area contributed by atoms with Crippen molar-refractivity contribution < 1.29 is 4.79 Å². The molecule has 1 saturated heterocycles. The molecule has 4 nitrogen and oxygen atoms in total. The number of benzene rings is 2. The summed E-state index contributed by atoms with van der Waals surface area (Å²) in [6.07, 6.45) is 1.83. The molecule has 0 atom stereocenters. The Bertz CT molecular complexity index is 811. The van der Waals surface area contributed by atoms with E-state index in [4.69, 9.17) is 11.6 Å². The Morgan fingerprint density at radius 1 is 1.08 bits per heavy atom. The topological polar surface area (TPSA) is 44.7 Å². The van der Waals surface area contributed by atoms with E-state index in [1.807, 2.05) is 61.5 Å². The van der Waals surface area contributed by atoms with Crippen LogP contribution in [0.3, 0.4) is 0 Å². The first-order valence-electron chi connectivity index (χ1n) is 7.34. The SMILES string of the molecule is CN(C)c1ccc(N=C2NC(=O)C(=Cc3ccc(Cl)cc3)S2)cc1. The maximum absolute atomic E-state index is 12.1. The number of thioether (sulfide) groups is 1. The van der Waals surface area contributed by atoms with E-state index in [0.717, 1.165) is 16.9 Å². The number of rotatable bonds is 3. The number of carbonyl (C=O) groups excluding carboxylic acids is 1. The molecule has 1 amide bonds. The van der Waals surface area contributed by atoms with Crippen LogP contribution in [-0.4, -0.2) is 25.2 Å². The Morgan fingerprint density at radius 3 is 2.38 bits per heavy atom. The number of aliphatic imine (C=N–C) groups is 1. The molecule has 24 heavy (non-hydrogen) atoms. The van der Waals surface area contributed by atoms with E-state index in [9.17, 15) is 4.79 Å². The molecule has 1 aliphatic rings. The quantitative estimate of drug-likeness (QED) is 0.833. The zero-order valence-electron chi connectivity index (χ0n) is 13.3. The van der Waals surface area contributed by atoms with Crippen molar-refractivity contribution in [3.8, 4) is 0 Å². The minimum Gasteiger partial charge on any atom is -0.378 e. The maximum atomic E-state index is 12.1. The highest BCUT2D eigenvalue weighted by Gasteiger charge is 2.23. The van der Waals surface area contributed by atoms with Crippen LogP contribution in [0.1, 0.15) is 5.56 Å². The van der Waals surface area contributed by atoms with Gasteiger partial charge < -0.3 is 10.2 Å². The fraction of sp³-hybridized carbons (Fsp3) is 0.111. The van der Waals surface area contributed by atoms with Gasteiger partial charge in [-0.05, 0) is 59.8 Å². The summed E-state index contributed by atoms with van der Waals surface area (Å²) in [7, 11) is 3.98. The number of amides is 1. The summed E-state index contributed by atoms with van der Waals surface area (Å²) >= 11 is 7.20. The molecule has 0 aromatic heterocycles. The van der Waals surface area contributed by atoms with Crippen molar-refractivity contribution in [2.75, 3.05) is 19.0 Å². The van der Waals surface area contributed by atoms with Crippen molar-refractivity contribution in [3.63, 3.8) is 0 Å². The summed E-state index contributed by atoms with van der Waals surface area (Å²) < 4.78 is 0. The van der Waals surface area contributed by atoms with E-state index in [0.29, 0.717) is 15.1 Å². The van der Waals surface area contributed by atoms with Gasteiger partial charge in [-0.3, -0.25) is 4.79 Å². The number of nitrogens with one attached hydrogen (secondary N) is 1. The van der Waals surface area contributed by atoms with Crippen LogP contribution in [0.5, 0.6) is 0 Å². The van der Waals surface area contributed by atoms with Gasteiger partial charge in [-0.15, -0.1) is 0 Å². The molecule has 0 radical (unpaired) electrons. The zero-order chi connectivity index (χ0) is 17.1. The summed E-state index contributed by atoms with van der Waals surface area (Å²) in [6.45, 7) is 0. The van der Waals surface area contributed by atoms with E-state index in [1.165, 1.54) is 11.8 Å². The summed E-state index contributed by atoms with van der Waals surface area (Å²) in [5.41, 5.74) is 2.83. The van der Waals surface area contributed by atoms with Crippen molar-refractivity contribution in [2.45, 2.75) is 0 Å². The van der Waals surface area contributed by atoms with Crippen LogP contribution in [0.25, 0.3) is 6.08 Å². The second kappa shape index (κ2) is 7.11. The first-order chi connectivity index (χ1) is 11.5. The summed E-state index contributed by atoms with van der Waals surface area (Å²) in [5, 5.41) is 4.04. The molecule has 0 saturated carbocycles. The van der Waals surface area contributed by atoms with Gasteiger partial charge in [0.25, 0.3) is 5.91 Å². The molecule has 0 unspecified atom stereocenters. The number of nitrogens with zero attached hydrogens (tertiary/aromatic N) is 2. The zero-order valence-corrected chi connectivity index (χ0v) is 14.9. The van der Waals surface area contributed by atoms with Crippen LogP contribution in [0, 0.1) is 0 Å². The highest BCUT2D eigenvalue weighted by Crippen LogP contribution is 2.28. The van der Waals surface area contributed by atoms with Gasteiger partial charge in [0.1, 0.15) is 0 Å². The monoisotopic (exact) mass is 357 g/mol. The maximum Gasteiger partial charge on any atom is 0.264 e. The van der Waals surface area contributed by atoms with E-state index >= 15 is 0 Å². The Balaban J connectivity index is 1.77. The molecule has 1 heterocycles. The van der Waals surface area contributed by atoms with Gasteiger partial charge >= 0.3 is 0 Å². The molecule has 2 aromatic carbocycles. The number of amidine groups is 1. The van der Waals surface area contributed by atoms with E-state index in [1.54, 1.807) is 12.1 Å². The van der Waals surface area contributed by atoms with Gasteiger partial charge in [-0.2, -0.15) is 0 Å². The summed E-state index contributed by atoms with van der Waals surface area (Å²) in [4.78, 5) is 19.2. The molecule has 3 rings (SSSR count). The molecule has 1 N–H and O–H groups in total. The van der Waals surface area contributed by atoms with E-state index in [-0.39, 0.29) is 5.91 Å². The van der Waals surface area contributed by atoms with Gasteiger partial charge in [-0.1, -0.05) is 23.7 Å². The van der Waals surface area contributed by atoms with Gasteiger partial charge in [0, 0.05) is 24.8 Å². The number of carbonyl (C=O) groups is 1. The van der Waals surface area contributed by atoms with Gasteiger partial charge in [0.2, 0.25) is 0 Å². The van der Waals surface area contributed by atoms with Crippen molar-refractivity contribution >= 4 is 51.9 Å². The van der Waals surface area contributed by atoms with Gasteiger partial charge in [-0.25, -0.2) is 4.99 Å². The predicted molar refractivity (Wildman–Crippen MR) is 103 cm³/mol. The van der Waals surface area contributed by atoms with Crippen LogP contribution in [0.2, 0.25) is 5.02 Å². The van der Waals surface area contributed by atoms with Gasteiger partial charge in [0.15, 0.2) is 5.17 Å². The van der Waals surface area contributed by atoms with Crippen molar-refractivity contribution in [1.29, 1.82) is 0 Å². The summed E-state index contributed by atoms with van der Waals surface area (Å²) in [6, 6.07) is 15.2. The molecule has 6 heteroatoms. The number of hydrogen-bond acceptors (Lipinski definition) is 4. The van der Waals surface area contributed by atoms with Crippen LogP contribution >= 0.6 is 23.4 Å². The third kappa shape index (κ3) is 3.99. The second-order valence-corrected chi connectivity index (χ2v) is 6.91. The van der Waals surface area contributed by atoms with Crippen molar-refractivity contribution in [3.05, 3.63) is 64.0 Å². The Kier molecular flexibility index (Phi) is 4.92. The average Bonchev–Trinajstić information content (AvgIpc) is 2.89. The fourth-order valence-electron chi connectivity index (χ4n) is 2.13. The summed E-state index contributed by atoms with van der Waals surface area (Å²) in [5.74, 6) is -0.140. The third-order valence-electron chi connectivity index (χ3n) is 3.42. The Labute approximate surface area is 150 Å². The van der Waals surface area contributed by atoms with E-state index in [2.05, 4.69) is 10.3 Å². The van der Waals surface area contributed by atoms with Crippen molar-refractivity contribution in [2.24, 2.45) is 4.99 Å². The molecule has 0 bridgehead atoms. The molecule has 0 aliphatic carbocycles. The van der Waals surface area contributed by atoms with Crippen LogP contribution in [0.4, 0.5) is 11.4 Å². The molecule has 2 aromatic rings. The standard InChI is InChI=1S/C18H16ClN3OS/c1-22(2)15-9-7-14(8-10-15)20-18-21-17(23)16(24-18)11-12-3-5-13(19)6-4-12/h3-11H,1-2H3,(H,20,21,23). The Hall–Kier alpha value is -2.24. The largest absolute Gasteiger partial charge is 0.378 e. The highest BCUT2D eigenvalue weighted by atomic mass is 35.5. The first-order valence-corrected chi connectivity index (χ1v) is 8.53. The number of halogens is 1. The average molecular weight is 358 g/mol. The molecule has 122 valence electrons. The lowest BCUT2D eigenvalue weighted by atomic mass is 10.2. The van der Waals surface area contributed by atoms with Gasteiger partial charge in [0.05, 0.1) is 10.6 Å². The molecule has 1 aliphatic heterocycles. The molecular weight excluding hydrogens is 342 g/mol. The predicted octanol–water partition coefficient (Wildman–Crippen LogP) is 4.30. The molecule has 0 spiro atoms. The minimum absolute atomic E-state index is 0.140. The smallest absolute Gasteiger partial charge is 0.264 e. The first kappa shape index (κ1) is 16.6. The second-order valence-electron chi connectivity index (χ2n) is 5.44. The van der Waals surface area contributed by atoms with Crippen LogP contribution in [0.15, 0.2) is 58.4 Å². The molecule has 1 fully saturated rings. The van der Waals surface area contributed by atoms with Crippen LogP contribution in [-0.2, 0) is 4.79 Å². The lowest BCUT2D eigenvalue weighted by Crippen LogP contribution is -2.19. The van der Waals surface area contributed by atoms with Crippen LogP contribution < -0.4 is 10.2 Å². The normalized spacial score (nSPS) is 17.4. The lowest BCUT2D eigenvalue weighted by molar-refractivity contribution is -0.115. The highest BCUT2D eigenvalue weighted by molar-refractivity contribution is 8.18. The minimum atomic E-state index is -0.140. The fourth-order valence-corrected chi connectivity index (χ4v) is 3.10. The number of anilines is 1.